The van der Waals surface area contributed by atoms with Gasteiger partial charge in [-0.1, -0.05) is 6.07 Å². The van der Waals surface area contributed by atoms with Gasteiger partial charge in [0.25, 0.3) is 0 Å². The van der Waals surface area contributed by atoms with E-state index in [0.717, 1.165) is 17.7 Å². The first-order chi connectivity index (χ1) is 6.65. The van der Waals surface area contributed by atoms with E-state index in [1.807, 2.05) is 13.0 Å². The van der Waals surface area contributed by atoms with Gasteiger partial charge < -0.3 is 10.5 Å². The minimum Gasteiger partial charge on any atom is -0.371 e. The number of ether oxygens (including phenoxy) is 1. The first kappa shape index (κ1) is 9.62. The van der Waals surface area contributed by atoms with Crippen LogP contribution in [0.2, 0.25) is 0 Å². The fourth-order valence-electron chi connectivity index (χ4n) is 1.64. The summed E-state index contributed by atoms with van der Waals surface area (Å²) in [7, 11) is 0. The van der Waals surface area contributed by atoms with Gasteiger partial charge in [0.2, 0.25) is 0 Å². The van der Waals surface area contributed by atoms with Gasteiger partial charge in [0.15, 0.2) is 0 Å². The van der Waals surface area contributed by atoms with Crippen LogP contribution in [0.5, 0.6) is 0 Å². The van der Waals surface area contributed by atoms with Crippen LogP contribution in [-0.4, -0.2) is 18.8 Å². The highest BCUT2D eigenvalue weighted by atomic mass is 19.1. The van der Waals surface area contributed by atoms with Crippen LogP contribution in [0.1, 0.15) is 11.1 Å². The van der Waals surface area contributed by atoms with Gasteiger partial charge in [-0.15, -0.1) is 0 Å². The Balaban J connectivity index is 2.07. The van der Waals surface area contributed by atoms with E-state index in [1.165, 1.54) is 12.1 Å². The summed E-state index contributed by atoms with van der Waals surface area (Å²) in [5.41, 5.74) is 7.75. The van der Waals surface area contributed by atoms with Crippen molar-refractivity contribution in [1.29, 1.82) is 0 Å². The van der Waals surface area contributed by atoms with Gasteiger partial charge in [-0.2, -0.15) is 0 Å². The molecule has 0 bridgehead atoms. The molecule has 1 aromatic rings. The molecular weight excluding hydrogens is 181 g/mol. The minimum absolute atomic E-state index is 0.00352. The molecular formula is C11H14FNO. The van der Waals surface area contributed by atoms with Gasteiger partial charge in [-0.3, -0.25) is 0 Å². The van der Waals surface area contributed by atoms with E-state index in [4.69, 9.17) is 10.5 Å². The van der Waals surface area contributed by atoms with Crippen molar-refractivity contribution in [2.45, 2.75) is 25.5 Å². The lowest BCUT2D eigenvalue weighted by molar-refractivity contribution is 0.371. The van der Waals surface area contributed by atoms with Crippen molar-refractivity contribution in [3.63, 3.8) is 0 Å². The Morgan fingerprint density at radius 2 is 2.29 bits per heavy atom. The summed E-state index contributed by atoms with van der Waals surface area (Å²) >= 11 is 0. The summed E-state index contributed by atoms with van der Waals surface area (Å²) in [6.45, 7) is 2.63. The van der Waals surface area contributed by atoms with Gasteiger partial charge >= 0.3 is 0 Å². The number of aryl methyl sites for hydroxylation is 1. The van der Waals surface area contributed by atoms with Gasteiger partial charge in [0.1, 0.15) is 5.82 Å². The van der Waals surface area contributed by atoms with Crippen LogP contribution in [0.3, 0.4) is 0 Å². The number of halogens is 1. The quantitative estimate of drug-likeness (QED) is 0.740. The second-order valence-corrected chi connectivity index (χ2v) is 3.88. The fraction of sp³-hybridized carbons (Fsp3) is 0.455. The topological polar surface area (TPSA) is 38.5 Å². The zero-order valence-electron chi connectivity index (χ0n) is 8.16. The van der Waals surface area contributed by atoms with E-state index < -0.39 is 0 Å². The molecule has 2 rings (SSSR count). The largest absolute Gasteiger partial charge is 0.371 e. The minimum atomic E-state index is -0.191. The van der Waals surface area contributed by atoms with E-state index >= 15 is 0 Å². The molecule has 2 atom stereocenters. The van der Waals surface area contributed by atoms with E-state index in [-0.39, 0.29) is 18.0 Å². The van der Waals surface area contributed by atoms with Crippen LogP contribution in [0.25, 0.3) is 0 Å². The third-order valence-electron chi connectivity index (χ3n) is 2.41. The molecule has 0 amide bonds. The molecule has 0 aliphatic carbocycles. The number of nitrogens with two attached hydrogens (primary N) is 1. The van der Waals surface area contributed by atoms with Gasteiger partial charge in [0, 0.05) is 6.04 Å². The first-order valence-corrected chi connectivity index (χ1v) is 4.78. The molecule has 1 aromatic carbocycles. The van der Waals surface area contributed by atoms with Crippen molar-refractivity contribution in [2.75, 3.05) is 6.61 Å². The third kappa shape index (κ3) is 2.30. The first-order valence-electron chi connectivity index (χ1n) is 4.78. The number of hydrogen-bond donors (Lipinski definition) is 1. The molecule has 0 radical (unpaired) electrons. The maximum absolute atomic E-state index is 13.0. The molecule has 1 heterocycles. The SMILES string of the molecule is Cc1cc(F)cc(CC(N)C2CO2)c1. The summed E-state index contributed by atoms with van der Waals surface area (Å²) in [4.78, 5) is 0. The molecule has 1 saturated heterocycles. The highest BCUT2D eigenvalue weighted by Gasteiger charge is 2.29. The van der Waals surface area contributed by atoms with E-state index in [0.29, 0.717) is 6.42 Å². The van der Waals surface area contributed by atoms with E-state index in [9.17, 15) is 4.39 Å². The summed E-state index contributed by atoms with van der Waals surface area (Å²) in [6.07, 6.45) is 0.863. The molecule has 0 spiro atoms. The second kappa shape index (κ2) is 3.67. The maximum Gasteiger partial charge on any atom is 0.123 e. The zero-order chi connectivity index (χ0) is 10.1. The van der Waals surface area contributed by atoms with Gasteiger partial charge in [-0.25, -0.2) is 4.39 Å². The lowest BCUT2D eigenvalue weighted by Gasteiger charge is -2.08. The van der Waals surface area contributed by atoms with Crippen LogP contribution in [0.4, 0.5) is 4.39 Å². The maximum atomic E-state index is 13.0. The van der Waals surface area contributed by atoms with Crippen LogP contribution in [-0.2, 0) is 11.2 Å². The van der Waals surface area contributed by atoms with Crippen molar-refractivity contribution >= 4 is 0 Å². The van der Waals surface area contributed by atoms with E-state index in [1.54, 1.807) is 0 Å². The summed E-state index contributed by atoms with van der Waals surface area (Å²) in [5.74, 6) is -0.191. The summed E-state index contributed by atoms with van der Waals surface area (Å²) < 4.78 is 18.1. The van der Waals surface area contributed by atoms with Crippen LogP contribution >= 0.6 is 0 Å². The summed E-state index contributed by atoms with van der Waals surface area (Å²) in [5, 5.41) is 0. The predicted octanol–water partition coefficient (Wildman–Crippen LogP) is 1.40. The van der Waals surface area contributed by atoms with Crippen molar-refractivity contribution in [2.24, 2.45) is 5.73 Å². The Kier molecular flexibility index (Phi) is 2.52. The van der Waals surface area contributed by atoms with Crippen molar-refractivity contribution < 1.29 is 9.13 Å². The molecule has 2 N–H and O–H groups in total. The van der Waals surface area contributed by atoms with Crippen LogP contribution < -0.4 is 5.73 Å². The highest BCUT2D eigenvalue weighted by molar-refractivity contribution is 5.24. The Bertz CT molecular complexity index is 316. The number of epoxide rings is 1. The van der Waals surface area contributed by atoms with E-state index in [2.05, 4.69) is 0 Å². The molecule has 14 heavy (non-hydrogen) atoms. The number of rotatable bonds is 3. The molecule has 0 saturated carbocycles. The Hall–Kier alpha value is -0.930. The van der Waals surface area contributed by atoms with Crippen LogP contribution in [0, 0.1) is 12.7 Å². The van der Waals surface area contributed by atoms with Crippen molar-refractivity contribution in [3.05, 3.63) is 35.1 Å². The zero-order valence-corrected chi connectivity index (χ0v) is 8.16. The highest BCUT2D eigenvalue weighted by Crippen LogP contribution is 2.17. The van der Waals surface area contributed by atoms with Gasteiger partial charge in [0.05, 0.1) is 12.7 Å². The molecule has 76 valence electrons. The Morgan fingerprint density at radius 1 is 1.57 bits per heavy atom. The number of benzene rings is 1. The third-order valence-corrected chi connectivity index (χ3v) is 2.41. The normalized spacial score (nSPS) is 22.1. The molecule has 1 aliphatic heterocycles. The van der Waals surface area contributed by atoms with Crippen molar-refractivity contribution in [3.8, 4) is 0 Å². The average molecular weight is 195 g/mol. The standard InChI is InChI=1S/C11H14FNO/c1-7-2-8(4-9(12)3-7)5-10(13)11-6-14-11/h2-4,10-11H,5-6,13H2,1H3. The lowest BCUT2D eigenvalue weighted by Crippen LogP contribution is -2.29. The molecule has 2 nitrogen and oxygen atoms in total. The number of hydrogen-bond acceptors (Lipinski definition) is 2. The smallest absolute Gasteiger partial charge is 0.123 e. The van der Waals surface area contributed by atoms with Gasteiger partial charge in [-0.05, 0) is 36.6 Å². The predicted molar refractivity (Wildman–Crippen MR) is 52.6 cm³/mol. The fourth-order valence-corrected chi connectivity index (χ4v) is 1.64. The monoisotopic (exact) mass is 195 g/mol. The Morgan fingerprint density at radius 3 is 2.86 bits per heavy atom. The molecule has 1 aliphatic rings. The Labute approximate surface area is 82.9 Å². The molecule has 3 heteroatoms. The molecule has 1 fully saturated rings. The van der Waals surface area contributed by atoms with Crippen molar-refractivity contribution in [1.82, 2.24) is 0 Å². The summed E-state index contributed by atoms with van der Waals surface area (Å²) in [6, 6.07) is 5.01. The molecule has 0 aromatic heterocycles. The second-order valence-electron chi connectivity index (χ2n) is 3.88. The lowest BCUT2D eigenvalue weighted by atomic mass is 10.0. The average Bonchev–Trinajstić information content (AvgIpc) is 2.82. The molecule has 2 unspecified atom stereocenters. The van der Waals surface area contributed by atoms with Crippen LogP contribution in [0.15, 0.2) is 18.2 Å².